The Morgan fingerprint density at radius 3 is 2.61 bits per heavy atom. The van der Waals surface area contributed by atoms with Gasteiger partial charge in [-0.25, -0.2) is 5.01 Å². The van der Waals surface area contributed by atoms with Gasteiger partial charge in [-0.2, -0.15) is 5.10 Å². The third kappa shape index (κ3) is 3.22. The minimum absolute atomic E-state index is 0.00867. The van der Waals surface area contributed by atoms with E-state index in [2.05, 4.69) is 21.0 Å². The zero-order valence-corrected chi connectivity index (χ0v) is 16.5. The largest absolute Gasteiger partial charge is 0.454 e. The van der Waals surface area contributed by atoms with Gasteiger partial charge in [-0.15, -0.1) is 0 Å². The van der Waals surface area contributed by atoms with Gasteiger partial charge in [-0.05, 0) is 43.2 Å². The average molecular weight is 446 g/mol. The Hall–Kier alpha value is -2.94. The van der Waals surface area contributed by atoms with Crippen LogP contribution in [-0.4, -0.2) is 39.7 Å². The summed E-state index contributed by atoms with van der Waals surface area (Å²) in [5, 5.41) is 17.2. The number of halogens is 1. The van der Waals surface area contributed by atoms with E-state index in [1.54, 1.807) is 12.1 Å². The molecule has 0 N–H and O–H groups in total. The fourth-order valence-electron chi connectivity index (χ4n) is 3.36. The molecule has 1 atom stereocenters. The van der Waals surface area contributed by atoms with Gasteiger partial charge in [0.2, 0.25) is 6.79 Å². The minimum atomic E-state index is -0.451. The molecule has 1 amide bonds. The van der Waals surface area contributed by atoms with Crippen LogP contribution in [0, 0.1) is 10.1 Å². The lowest BCUT2D eigenvalue weighted by Gasteiger charge is -2.22. The number of ether oxygens (including phenoxy) is 2. The Bertz CT molecular complexity index is 990. The highest BCUT2D eigenvalue weighted by Gasteiger charge is 2.29. The molecule has 2 aromatic rings. The number of benzene rings is 2. The van der Waals surface area contributed by atoms with Crippen molar-refractivity contribution in [2.75, 3.05) is 12.1 Å². The summed E-state index contributed by atoms with van der Waals surface area (Å²) in [6, 6.07) is 9.73. The van der Waals surface area contributed by atoms with Crippen LogP contribution in [0.4, 0.5) is 5.69 Å². The number of amides is 1. The number of nitrogens with zero attached hydrogens (tertiary/aromatic N) is 3. The van der Waals surface area contributed by atoms with Gasteiger partial charge in [0, 0.05) is 23.3 Å². The molecule has 0 aromatic heterocycles. The molecule has 28 heavy (non-hydrogen) atoms. The van der Waals surface area contributed by atoms with E-state index in [1.165, 1.54) is 17.1 Å². The summed E-state index contributed by atoms with van der Waals surface area (Å²) in [6.45, 7) is 2.09. The molecule has 8 nitrogen and oxygen atoms in total. The smallest absolute Gasteiger partial charge is 0.269 e. The van der Waals surface area contributed by atoms with E-state index >= 15 is 0 Å². The second-order valence-corrected chi connectivity index (χ2v) is 7.10. The first-order valence-corrected chi connectivity index (χ1v) is 9.74. The summed E-state index contributed by atoms with van der Waals surface area (Å²) in [4.78, 5) is 23.0. The molecule has 0 saturated carbocycles. The Balaban J connectivity index is 1.88. The van der Waals surface area contributed by atoms with Crippen molar-refractivity contribution < 1.29 is 19.2 Å². The van der Waals surface area contributed by atoms with E-state index in [4.69, 9.17) is 9.47 Å². The van der Waals surface area contributed by atoms with Crippen molar-refractivity contribution in [1.82, 2.24) is 5.01 Å². The number of hydrogen-bond acceptors (Lipinski definition) is 6. The number of fused-ring (bicyclic) bond motifs is 2. The van der Waals surface area contributed by atoms with E-state index in [0.717, 1.165) is 11.1 Å². The molecule has 0 spiro atoms. The first-order valence-electron chi connectivity index (χ1n) is 8.62. The zero-order valence-electron chi connectivity index (χ0n) is 14.9. The molecule has 0 aliphatic carbocycles. The van der Waals surface area contributed by atoms with Gasteiger partial charge in [0.15, 0.2) is 11.5 Å². The summed E-state index contributed by atoms with van der Waals surface area (Å²) in [5.74, 6) is 1.11. The van der Waals surface area contributed by atoms with Gasteiger partial charge in [0.25, 0.3) is 11.6 Å². The van der Waals surface area contributed by atoms with E-state index in [9.17, 15) is 14.9 Å². The molecule has 2 aliphatic heterocycles. The van der Waals surface area contributed by atoms with E-state index in [0.29, 0.717) is 29.2 Å². The quantitative estimate of drug-likeness (QED) is 0.410. The van der Waals surface area contributed by atoms with Crippen molar-refractivity contribution in [1.29, 1.82) is 0 Å². The number of nitro benzene ring substituents is 1. The van der Waals surface area contributed by atoms with Crippen molar-refractivity contribution in [3.8, 4) is 11.5 Å². The Labute approximate surface area is 169 Å². The lowest BCUT2D eigenvalue weighted by atomic mass is 9.94. The Kier molecular flexibility index (Phi) is 4.76. The van der Waals surface area contributed by atoms with Crippen LogP contribution in [0.1, 0.15) is 23.6 Å². The highest BCUT2D eigenvalue weighted by Crippen LogP contribution is 2.37. The molecular formula is C19H16BrN3O5. The van der Waals surface area contributed by atoms with Gasteiger partial charge < -0.3 is 9.47 Å². The molecule has 4 rings (SSSR count). The van der Waals surface area contributed by atoms with Crippen molar-refractivity contribution >= 4 is 33.2 Å². The number of non-ortho nitro benzene ring substituents is 1. The van der Waals surface area contributed by atoms with Gasteiger partial charge in [-0.1, -0.05) is 15.9 Å². The number of rotatable bonds is 3. The summed E-state index contributed by atoms with van der Waals surface area (Å²) >= 11 is 3.21. The maximum atomic E-state index is 12.4. The van der Waals surface area contributed by atoms with Gasteiger partial charge in [0.05, 0.1) is 22.0 Å². The summed E-state index contributed by atoms with van der Waals surface area (Å²) in [7, 11) is 0. The number of hydrogen-bond donors (Lipinski definition) is 0. The van der Waals surface area contributed by atoms with Crippen LogP contribution in [-0.2, 0) is 11.2 Å². The normalized spacial score (nSPS) is 17.6. The molecule has 9 heteroatoms. The highest BCUT2D eigenvalue weighted by atomic mass is 79.9. The molecule has 0 radical (unpaired) electrons. The lowest BCUT2D eigenvalue weighted by molar-refractivity contribution is -0.384. The maximum Gasteiger partial charge on any atom is 0.269 e. The van der Waals surface area contributed by atoms with Crippen molar-refractivity contribution in [2.45, 2.75) is 19.4 Å². The van der Waals surface area contributed by atoms with Crippen LogP contribution in [0.5, 0.6) is 11.5 Å². The fraction of sp³-hybridized carbons (Fsp3) is 0.263. The van der Waals surface area contributed by atoms with Gasteiger partial charge in [-0.3, -0.25) is 14.9 Å². The monoisotopic (exact) mass is 445 g/mol. The second-order valence-electron chi connectivity index (χ2n) is 6.54. The standard InChI is InChI=1S/C19H16BrN3O5/c1-11-6-13-7-16-17(28-10-27-16)8-15(13)19(21-22(11)18(24)9-20)12-2-4-14(5-3-12)23(25)26/h2-5,7-8,11H,6,9-10H2,1H3. The molecular weight excluding hydrogens is 430 g/mol. The number of alkyl halides is 1. The van der Waals surface area contributed by atoms with Crippen LogP contribution in [0.2, 0.25) is 0 Å². The SMILES string of the molecule is CC1Cc2cc3c(cc2C(c2ccc([N+](=O)[O-])cc2)=NN1C(=O)CBr)OCO3. The van der Waals surface area contributed by atoms with Gasteiger partial charge in [0.1, 0.15) is 0 Å². The second kappa shape index (κ2) is 7.23. The fourth-order valence-corrected chi connectivity index (χ4v) is 3.61. The van der Waals surface area contributed by atoms with E-state index < -0.39 is 4.92 Å². The predicted octanol–water partition coefficient (Wildman–Crippen LogP) is 3.24. The van der Waals surface area contributed by atoms with Crippen LogP contribution in [0.3, 0.4) is 0 Å². The number of carbonyl (C=O) groups excluding carboxylic acids is 1. The number of hydrazone groups is 1. The Morgan fingerprint density at radius 1 is 1.29 bits per heavy atom. The van der Waals surface area contributed by atoms with Crippen molar-refractivity contribution in [3.63, 3.8) is 0 Å². The van der Waals surface area contributed by atoms with Crippen LogP contribution >= 0.6 is 15.9 Å². The van der Waals surface area contributed by atoms with E-state index in [1.807, 2.05) is 19.1 Å². The molecule has 0 bridgehead atoms. The predicted molar refractivity (Wildman–Crippen MR) is 105 cm³/mol. The molecule has 2 aliphatic rings. The molecule has 0 saturated heterocycles. The topological polar surface area (TPSA) is 94.3 Å². The minimum Gasteiger partial charge on any atom is -0.454 e. The summed E-state index contributed by atoms with van der Waals surface area (Å²) in [6.07, 6.45) is 0.588. The molecule has 2 heterocycles. The summed E-state index contributed by atoms with van der Waals surface area (Å²) in [5.41, 5.74) is 3.01. The molecule has 144 valence electrons. The average Bonchev–Trinajstić information content (AvgIpc) is 3.09. The van der Waals surface area contributed by atoms with E-state index in [-0.39, 0.29) is 29.8 Å². The lowest BCUT2D eigenvalue weighted by Crippen LogP contribution is -2.36. The van der Waals surface area contributed by atoms with Crippen LogP contribution in [0.15, 0.2) is 41.5 Å². The van der Waals surface area contributed by atoms with Gasteiger partial charge >= 0.3 is 0 Å². The number of nitro groups is 1. The summed E-state index contributed by atoms with van der Waals surface area (Å²) < 4.78 is 11.0. The highest BCUT2D eigenvalue weighted by molar-refractivity contribution is 9.09. The third-order valence-electron chi connectivity index (χ3n) is 4.72. The first-order chi connectivity index (χ1) is 13.5. The molecule has 0 fully saturated rings. The Morgan fingerprint density at radius 2 is 1.96 bits per heavy atom. The molecule has 2 aromatic carbocycles. The van der Waals surface area contributed by atoms with Crippen LogP contribution in [0.25, 0.3) is 0 Å². The van der Waals surface area contributed by atoms with Crippen molar-refractivity contribution in [3.05, 3.63) is 63.2 Å². The van der Waals surface area contributed by atoms with Crippen molar-refractivity contribution in [2.24, 2.45) is 5.10 Å². The third-order valence-corrected chi connectivity index (χ3v) is 5.20. The zero-order chi connectivity index (χ0) is 19.8. The van der Waals surface area contributed by atoms with Crippen LogP contribution < -0.4 is 9.47 Å². The molecule has 1 unspecified atom stereocenters. The first kappa shape index (κ1) is 18.4. The number of carbonyl (C=O) groups is 1. The maximum absolute atomic E-state index is 12.4.